The van der Waals surface area contributed by atoms with Gasteiger partial charge in [0.2, 0.25) is 70.9 Å². The summed E-state index contributed by atoms with van der Waals surface area (Å²) in [5, 5.41) is 72.6. The van der Waals surface area contributed by atoms with Gasteiger partial charge < -0.3 is 100 Å². The maximum Gasteiger partial charge on any atom is 0.326 e. The second kappa shape index (κ2) is 33.3. The minimum Gasteiger partial charge on any atom is -0.481 e. The number of imidazole rings is 1. The van der Waals surface area contributed by atoms with Crippen LogP contribution in [0.4, 0.5) is 0 Å². The van der Waals surface area contributed by atoms with E-state index in [0.29, 0.717) is 5.69 Å². The molecule has 0 radical (unpaired) electrons. The average Bonchev–Trinajstić information content (AvgIpc) is 3.86. The molecule has 1 aromatic heterocycles. The number of aromatic amines is 1. The van der Waals surface area contributed by atoms with E-state index < -0.39 is 191 Å². The van der Waals surface area contributed by atoms with E-state index >= 15 is 0 Å². The van der Waals surface area contributed by atoms with E-state index in [1.54, 1.807) is 13.8 Å². The van der Waals surface area contributed by atoms with E-state index in [2.05, 4.69) is 63.1 Å². The molecule has 0 aliphatic rings. The minimum absolute atomic E-state index is 0.0359. The third-order valence-corrected chi connectivity index (χ3v) is 9.22. The van der Waals surface area contributed by atoms with Crippen LogP contribution in [0.5, 0.6) is 0 Å². The fourth-order valence-electron chi connectivity index (χ4n) is 5.50. The number of nitrogens with two attached hydrogens (primary N) is 1. The van der Waals surface area contributed by atoms with Crippen LogP contribution in [-0.4, -0.2) is 220 Å². The molecule has 0 unspecified atom stereocenters. The summed E-state index contributed by atoms with van der Waals surface area (Å²) in [5.74, 6) is -15.1. The van der Waals surface area contributed by atoms with Crippen LogP contribution in [0.1, 0.15) is 32.4 Å². The molecule has 1 heterocycles. The Balaban J connectivity index is 2.58. The average molecular weight is 1040 g/mol. The third kappa shape index (κ3) is 26.4. The summed E-state index contributed by atoms with van der Waals surface area (Å²) in [7, 11) is 0. The Labute approximate surface area is 413 Å². The Morgan fingerprint density at radius 1 is 0.493 bits per heavy atom. The van der Waals surface area contributed by atoms with Crippen molar-refractivity contribution in [3.8, 4) is 0 Å². The zero-order valence-corrected chi connectivity index (χ0v) is 39.4. The molecule has 6 atom stereocenters. The Hall–Kier alpha value is -8.37. The first-order valence-electron chi connectivity index (χ1n) is 21.8. The van der Waals surface area contributed by atoms with Crippen molar-refractivity contribution in [3.05, 3.63) is 18.2 Å². The molecule has 0 spiro atoms. The topological polar surface area (TPSA) is 539 Å². The molecule has 73 heavy (non-hydrogen) atoms. The summed E-state index contributed by atoms with van der Waals surface area (Å²) in [6, 6.07) is -9.27. The smallest absolute Gasteiger partial charge is 0.326 e. The van der Waals surface area contributed by atoms with Gasteiger partial charge in [0.25, 0.3) is 0 Å². The summed E-state index contributed by atoms with van der Waals surface area (Å²) in [4.78, 5) is 178. The molecular formula is C39H61N15O19. The van der Waals surface area contributed by atoms with Gasteiger partial charge in [-0.05, 0) is 12.3 Å². The van der Waals surface area contributed by atoms with E-state index in [9.17, 15) is 87.5 Å². The van der Waals surface area contributed by atoms with Gasteiger partial charge in [0.1, 0.15) is 36.3 Å². The molecule has 406 valence electrons. The molecule has 0 bridgehead atoms. The first-order valence-corrected chi connectivity index (χ1v) is 21.8. The number of H-pyrrole nitrogens is 1. The molecule has 1 rings (SSSR count). The van der Waals surface area contributed by atoms with Gasteiger partial charge in [-0.2, -0.15) is 0 Å². The van der Waals surface area contributed by atoms with Crippen molar-refractivity contribution in [2.75, 3.05) is 65.6 Å². The van der Waals surface area contributed by atoms with Crippen molar-refractivity contribution in [1.82, 2.24) is 73.8 Å². The first-order chi connectivity index (χ1) is 34.4. The lowest BCUT2D eigenvalue weighted by atomic mass is 10.0. The number of carboxylic acid groups (broad SMARTS) is 2. The van der Waals surface area contributed by atoms with Gasteiger partial charge in [0.15, 0.2) is 0 Å². The lowest BCUT2D eigenvalue weighted by molar-refractivity contribution is -0.142. The zero-order chi connectivity index (χ0) is 55.2. The molecule has 0 aromatic carbocycles. The molecular weight excluding hydrogens is 983 g/mol. The highest BCUT2D eigenvalue weighted by Gasteiger charge is 2.31. The number of aliphatic hydroxyl groups is 3. The maximum atomic E-state index is 13.1. The SMILES string of the molecule is CC(C)C[C@H](NC(=O)CNC(=O)[C@H](CC(=O)O)NC(=O)[C@H](CO)NC(=O)CNC(=O)CNC(=O)CNC(=O)[C@H](CO)NC(=O)CNC(=O)CNC(=O)CNC(=O)[C@@H](N)CO)C(=O)N[C@@H](Cc1cnc[nH]1)C(=O)O. The van der Waals surface area contributed by atoms with E-state index in [1.165, 1.54) is 12.5 Å². The molecule has 0 aliphatic carbocycles. The number of hydrogen-bond donors (Lipinski definition) is 19. The molecule has 0 fully saturated rings. The quantitative estimate of drug-likeness (QED) is 0.0305. The number of aliphatic carboxylic acids is 2. The number of nitrogens with one attached hydrogen (secondary N) is 13. The number of carboxylic acids is 2. The molecule has 0 saturated heterocycles. The van der Waals surface area contributed by atoms with Crippen molar-refractivity contribution in [3.63, 3.8) is 0 Å². The van der Waals surface area contributed by atoms with Gasteiger partial charge >= 0.3 is 11.9 Å². The highest BCUT2D eigenvalue weighted by Crippen LogP contribution is 2.07. The normalized spacial score (nSPS) is 13.1. The summed E-state index contributed by atoms with van der Waals surface area (Å²) >= 11 is 0. The van der Waals surface area contributed by atoms with Crippen LogP contribution in [-0.2, 0) is 73.5 Å². The molecule has 0 saturated carbocycles. The summed E-state index contributed by atoms with van der Waals surface area (Å²) in [5.41, 5.74) is 5.68. The van der Waals surface area contributed by atoms with Crippen LogP contribution in [0.25, 0.3) is 0 Å². The first kappa shape index (κ1) is 62.6. The fourth-order valence-corrected chi connectivity index (χ4v) is 5.50. The number of nitrogens with zero attached hydrogens (tertiary/aromatic N) is 1. The zero-order valence-electron chi connectivity index (χ0n) is 39.4. The highest BCUT2D eigenvalue weighted by molar-refractivity contribution is 5.97. The predicted octanol–water partition coefficient (Wildman–Crippen LogP) is -11.9. The van der Waals surface area contributed by atoms with Crippen LogP contribution in [0.2, 0.25) is 0 Å². The van der Waals surface area contributed by atoms with Crippen LogP contribution in [0, 0.1) is 5.92 Å². The number of carbonyl (C=O) groups excluding carboxylic acids is 12. The number of aliphatic hydroxyl groups excluding tert-OH is 3. The van der Waals surface area contributed by atoms with Crippen molar-refractivity contribution >= 4 is 82.8 Å². The van der Waals surface area contributed by atoms with E-state index in [1.807, 2.05) is 10.6 Å². The lowest BCUT2D eigenvalue weighted by Crippen LogP contribution is -2.57. The number of aromatic nitrogens is 2. The van der Waals surface area contributed by atoms with Crippen LogP contribution < -0.4 is 69.5 Å². The Morgan fingerprint density at radius 2 is 0.877 bits per heavy atom. The number of carbonyl (C=O) groups is 14. The Morgan fingerprint density at radius 3 is 1.29 bits per heavy atom. The van der Waals surface area contributed by atoms with Gasteiger partial charge in [-0.15, -0.1) is 0 Å². The van der Waals surface area contributed by atoms with Crippen molar-refractivity contribution in [2.24, 2.45) is 11.7 Å². The van der Waals surface area contributed by atoms with Gasteiger partial charge in [-0.1, -0.05) is 13.8 Å². The van der Waals surface area contributed by atoms with E-state index in [4.69, 9.17) is 10.8 Å². The summed E-state index contributed by atoms with van der Waals surface area (Å²) in [6.07, 6.45) is 1.50. The van der Waals surface area contributed by atoms with E-state index in [-0.39, 0.29) is 18.8 Å². The van der Waals surface area contributed by atoms with Crippen molar-refractivity contribution in [2.45, 2.75) is 69.4 Å². The second-order valence-electron chi connectivity index (χ2n) is 15.7. The molecule has 12 amide bonds. The molecule has 34 nitrogen and oxygen atoms in total. The van der Waals surface area contributed by atoms with Crippen LogP contribution in [0.15, 0.2) is 12.5 Å². The number of rotatable bonds is 34. The van der Waals surface area contributed by atoms with Crippen molar-refractivity contribution in [1.29, 1.82) is 0 Å². The monoisotopic (exact) mass is 1040 g/mol. The molecule has 1 aromatic rings. The van der Waals surface area contributed by atoms with Gasteiger partial charge in [-0.25, -0.2) is 9.78 Å². The van der Waals surface area contributed by atoms with Gasteiger partial charge in [-0.3, -0.25) is 62.3 Å². The molecule has 0 aliphatic heterocycles. The third-order valence-electron chi connectivity index (χ3n) is 9.22. The van der Waals surface area contributed by atoms with Gasteiger partial charge in [0.05, 0.1) is 78.4 Å². The maximum absolute atomic E-state index is 13.1. The number of amides is 12. The van der Waals surface area contributed by atoms with E-state index in [0.717, 1.165) is 0 Å². The summed E-state index contributed by atoms with van der Waals surface area (Å²) in [6.45, 7) is -4.48. The van der Waals surface area contributed by atoms with Gasteiger partial charge in [0, 0.05) is 18.3 Å². The number of hydrogen-bond acceptors (Lipinski definition) is 19. The van der Waals surface area contributed by atoms with Crippen LogP contribution >= 0.6 is 0 Å². The predicted molar refractivity (Wildman–Crippen MR) is 242 cm³/mol. The Kier molecular flexibility index (Phi) is 28.5. The second-order valence-corrected chi connectivity index (χ2v) is 15.7. The lowest BCUT2D eigenvalue weighted by Gasteiger charge is -2.23. The Bertz CT molecular complexity index is 2120. The fraction of sp³-hybridized carbons (Fsp3) is 0.564. The highest BCUT2D eigenvalue weighted by atomic mass is 16.4. The largest absolute Gasteiger partial charge is 0.481 e. The van der Waals surface area contributed by atoms with Crippen LogP contribution in [0.3, 0.4) is 0 Å². The summed E-state index contributed by atoms with van der Waals surface area (Å²) < 4.78 is 0. The standard InChI is InChI=1S/C39H61N15O19/c1-18(2)3-21(37(70)54-23(39(72)73)4-19-6-41-17-49-19)50-32(64)13-48-35(68)22(5-33(65)66)53-38(71)25(16-57)52-31(63)12-45-27(59)8-43-29(61)10-47-36(69)24(15-56)51-30(62)11-44-26(58)7-42-28(60)9-46-34(67)20(40)14-55/h6,17-18,20-25,55-57H,3-5,7-16,40H2,1-2H3,(H,41,49)(H,42,60)(H,43,61)(H,44,58)(H,45,59)(H,46,67)(H,47,69)(H,48,68)(H,50,64)(H,51,62)(H,52,63)(H,53,71)(H,54,70)(H,65,66)(H,72,73)/t20-,21-,22-,23-,24-,25-/m0/s1. The minimum atomic E-state index is -1.89. The van der Waals surface area contributed by atoms with Crippen molar-refractivity contribution < 1.29 is 92.7 Å². The molecule has 20 N–H and O–H groups in total. The molecule has 34 heteroatoms.